The van der Waals surface area contributed by atoms with Gasteiger partial charge in [0.2, 0.25) is 0 Å². The molecule has 0 aliphatic carbocycles. The fourth-order valence-electron chi connectivity index (χ4n) is 2.22. The zero-order valence-corrected chi connectivity index (χ0v) is 13.8. The number of furan rings is 1. The van der Waals surface area contributed by atoms with Crippen molar-refractivity contribution in [1.29, 1.82) is 0 Å². The molecule has 0 saturated carbocycles. The Balaban J connectivity index is 1.76. The molecule has 1 atom stereocenters. The third kappa shape index (κ3) is 3.48. The van der Waals surface area contributed by atoms with E-state index >= 15 is 0 Å². The number of hydrogen-bond acceptors (Lipinski definition) is 5. The average Bonchev–Trinajstić information content (AvgIpc) is 3.09. The van der Waals surface area contributed by atoms with Gasteiger partial charge in [-0.05, 0) is 25.6 Å². The van der Waals surface area contributed by atoms with E-state index in [4.69, 9.17) is 4.42 Å². The normalized spacial score (nSPS) is 12.9. The number of thiazole rings is 1. The average molecular weight is 318 g/mol. The molecule has 0 amide bonds. The summed E-state index contributed by atoms with van der Waals surface area (Å²) in [4.78, 5) is 4.50. The number of rotatable bonds is 6. The number of hydrogen-bond donors (Lipinski definition) is 1. The molecule has 3 aromatic rings. The number of nitrogens with zero attached hydrogens (tertiary/aromatic N) is 1. The predicted octanol–water partition coefficient (Wildman–Crippen LogP) is 4.64. The van der Waals surface area contributed by atoms with Crippen LogP contribution in [-0.4, -0.2) is 17.3 Å². The third-order valence-corrected chi connectivity index (χ3v) is 5.44. The van der Waals surface area contributed by atoms with Crippen LogP contribution in [0.4, 0.5) is 0 Å². The number of benzene rings is 1. The van der Waals surface area contributed by atoms with Gasteiger partial charge in [-0.1, -0.05) is 36.9 Å². The molecule has 0 bridgehead atoms. The first-order valence-corrected chi connectivity index (χ1v) is 8.89. The summed E-state index contributed by atoms with van der Waals surface area (Å²) in [5.74, 6) is 1.92. The molecule has 2 heterocycles. The molecule has 0 saturated heterocycles. The van der Waals surface area contributed by atoms with E-state index in [1.54, 1.807) is 23.1 Å². The summed E-state index contributed by atoms with van der Waals surface area (Å²) in [6.45, 7) is 5.06. The third-order valence-electron chi connectivity index (χ3n) is 3.21. The Bertz CT molecular complexity index is 687. The van der Waals surface area contributed by atoms with Crippen molar-refractivity contribution in [3.63, 3.8) is 0 Å². The van der Waals surface area contributed by atoms with Crippen molar-refractivity contribution in [1.82, 2.24) is 10.3 Å². The minimum absolute atomic E-state index is 0.205. The quantitative estimate of drug-likeness (QED) is 0.672. The highest BCUT2D eigenvalue weighted by Crippen LogP contribution is 2.30. The summed E-state index contributed by atoms with van der Waals surface area (Å²) in [6.07, 6.45) is 0. The van der Waals surface area contributed by atoms with Crippen molar-refractivity contribution in [2.75, 3.05) is 12.3 Å². The number of para-hydroxylation sites is 1. The van der Waals surface area contributed by atoms with E-state index in [-0.39, 0.29) is 6.04 Å². The molecular formula is C16H18N2OS2. The first-order chi connectivity index (χ1) is 10.3. The Morgan fingerprint density at radius 2 is 2.24 bits per heavy atom. The van der Waals surface area contributed by atoms with Gasteiger partial charge >= 0.3 is 0 Å². The molecule has 1 N–H and O–H groups in total. The van der Waals surface area contributed by atoms with Crippen LogP contribution in [0, 0.1) is 6.92 Å². The second kappa shape index (κ2) is 6.64. The van der Waals surface area contributed by atoms with Gasteiger partial charge in [-0.25, -0.2) is 4.98 Å². The lowest BCUT2D eigenvalue weighted by molar-refractivity contribution is 0.464. The maximum absolute atomic E-state index is 5.98. The van der Waals surface area contributed by atoms with Crippen LogP contribution in [0.2, 0.25) is 0 Å². The Morgan fingerprint density at radius 1 is 1.38 bits per heavy atom. The number of nitrogens with one attached hydrogen (secondary N) is 1. The fraction of sp³-hybridized carbons (Fsp3) is 0.312. The van der Waals surface area contributed by atoms with E-state index in [2.05, 4.69) is 34.7 Å². The molecule has 0 aliphatic rings. The van der Waals surface area contributed by atoms with Crippen molar-refractivity contribution in [3.8, 4) is 0 Å². The summed E-state index contributed by atoms with van der Waals surface area (Å²) in [5.41, 5.74) is 2.04. The van der Waals surface area contributed by atoms with E-state index in [0.29, 0.717) is 0 Å². The topological polar surface area (TPSA) is 38.1 Å². The summed E-state index contributed by atoms with van der Waals surface area (Å²) < 4.78 is 7.10. The van der Waals surface area contributed by atoms with Crippen LogP contribution >= 0.6 is 23.1 Å². The van der Waals surface area contributed by atoms with Crippen molar-refractivity contribution >= 4 is 34.1 Å². The van der Waals surface area contributed by atoms with Gasteiger partial charge in [-0.2, -0.15) is 0 Å². The Labute approximate surface area is 132 Å². The second-order valence-electron chi connectivity index (χ2n) is 4.86. The van der Waals surface area contributed by atoms with E-state index in [1.807, 2.05) is 25.1 Å². The number of aryl methyl sites for hydroxylation is 1. The van der Waals surface area contributed by atoms with Gasteiger partial charge in [-0.3, -0.25) is 0 Å². The van der Waals surface area contributed by atoms with Gasteiger partial charge in [-0.15, -0.1) is 11.3 Å². The smallest absolute Gasteiger partial charge is 0.150 e. The molecule has 21 heavy (non-hydrogen) atoms. The first kappa shape index (κ1) is 14.6. The van der Waals surface area contributed by atoms with Gasteiger partial charge in [0.15, 0.2) is 0 Å². The highest BCUT2D eigenvalue weighted by Gasteiger charge is 2.16. The lowest BCUT2D eigenvalue weighted by Gasteiger charge is -2.14. The SMILES string of the molecule is CCNC(CSc1nc(C)cs1)c1cc2ccccc2o1. The molecule has 0 fully saturated rings. The molecule has 110 valence electrons. The summed E-state index contributed by atoms with van der Waals surface area (Å²) in [6, 6.07) is 10.5. The van der Waals surface area contributed by atoms with E-state index in [0.717, 1.165) is 39.1 Å². The molecule has 0 aliphatic heterocycles. The van der Waals surface area contributed by atoms with Crippen molar-refractivity contribution < 1.29 is 4.42 Å². The van der Waals surface area contributed by atoms with E-state index < -0.39 is 0 Å². The van der Waals surface area contributed by atoms with E-state index in [9.17, 15) is 0 Å². The van der Waals surface area contributed by atoms with Crippen LogP contribution in [-0.2, 0) is 0 Å². The Morgan fingerprint density at radius 3 is 2.95 bits per heavy atom. The van der Waals surface area contributed by atoms with Crippen LogP contribution in [0.25, 0.3) is 11.0 Å². The largest absolute Gasteiger partial charge is 0.459 e. The highest BCUT2D eigenvalue weighted by atomic mass is 32.2. The van der Waals surface area contributed by atoms with Gasteiger partial charge < -0.3 is 9.73 Å². The van der Waals surface area contributed by atoms with Crippen LogP contribution in [0.3, 0.4) is 0 Å². The Kier molecular flexibility index (Phi) is 4.63. The van der Waals surface area contributed by atoms with Gasteiger partial charge in [0.05, 0.1) is 6.04 Å². The summed E-state index contributed by atoms with van der Waals surface area (Å²) >= 11 is 3.48. The minimum atomic E-state index is 0.205. The van der Waals surface area contributed by atoms with Crippen LogP contribution < -0.4 is 5.32 Å². The second-order valence-corrected chi connectivity index (χ2v) is 6.99. The molecule has 1 aromatic carbocycles. The molecule has 0 radical (unpaired) electrons. The lowest BCUT2D eigenvalue weighted by atomic mass is 10.2. The zero-order valence-electron chi connectivity index (χ0n) is 12.1. The molecule has 1 unspecified atom stereocenters. The number of aromatic nitrogens is 1. The van der Waals surface area contributed by atoms with Crippen molar-refractivity contribution in [2.24, 2.45) is 0 Å². The summed E-state index contributed by atoms with van der Waals surface area (Å²) in [7, 11) is 0. The van der Waals surface area contributed by atoms with E-state index in [1.165, 1.54) is 0 Å². The molecule has 2 aromatic heterocycles. The molecular weight excluding hydrogens is 300 g/mol. The van der Waals surface area contributed by atoms with Crippen LogP contribution in [0.1, 0.15) is 24.4 Å². The molecule has 0 spiro atoms. The van der Waals surface area contributed by atoms with Crippen molar-refractivity contribution in [2.45, 2.75) is 24.2 Å². The van der Waals surface area contributed by atoms with Gasteiger partial charge in [0, 0.05) is 22.2 Å². The van der Waals surface area contributed by atoms with Crippen LogP contribution in [0.5, 0.6) is 0 Å². The fourth-order valence-corrected chi connectivity index (χ4v) is 4.16. The Hall–Kier alpha value is -1.30. The molecule has 3 rings (SSSR count). The molecule has 5 heteroatoms. The monoisotopic (exact) mass is 318 g/mol. The van der Waals surface area contributed by atoms with Crippen LogP contribution in [0.15, 0.2) is 44.5 Å². The standard InChI is InChI=1S/C16H18N2OS2/c1-3-17-13(10-21-16-18-11(2)9-20-16)15-8-12-6-4-5-7-14(12)19-15/h4-9,13,17H,3,10H2,1-2H3. The predicted molar refractivity (Wildman–Crippen MR) is 90.2 cm³/mol. The number of fused-ring (bicyclic) bond motifs is 1. The number of thioether (sulfide) groups is 1. The highest BCUT2D eigenvalue weighted by molar-refractivity contribution is 8.01. The maximum Gasteiger partial charge on any atom is 0.150 e. The maximum atomic E-state index is 5.98. The molecule has 3 nitrogen and oxygen atoms in total. The minimum Gasteiger partial charge on any atom is -0.459 e. The summed E-state index contributed by atoms with van der Waals surface area (Å²) in [5, 5.41) is 6.75. The first-order valence-electron chi connectivity index (χ1n) is 7.03. The lowest BCUT2D eigenvalue weighted by Crippen LogP contribution is -2.22. The van der Waals surface area contributed by atoms with Crippen molar-refractivity contribution in [3.05, 3.63) is 47.2 Å². The zero-order chi connectivity index (χ0) is 14.7. The van der Waals surface area contributed by atoms with Gasteiger partial charge in [0.1, 0.15) is 15.7 Å². The van der Waals surface area contributed by atoms with Gasteiger partial charge in [0.25, 0.3) is 0 Å².